The standard InChI is InChI=1S/C14H18N6O4/c1-3-19-8-9(12(18-19)14(24)15-2)17-13(23)10-4-6-16-20(10)7-5-11(21)22/h4,6,8H,3,5,7H2,1-2H3,(H,15,24)(H,17,23)(H,21,22). The Morgan fingerprint density at radius 1 is 1.29 bits per heavy atom. The number of amides is 2. The molecule has 2 rings (SSSR count). The molecule has 2 aromatic rings. The summed E-state index contributed by atoms with van der Waals surface area (Å²) in [5.41, 5.74) is 0.569. The zero-order valence-corrected chi connectivity index (χ0v) is 13.3. The van der Waals surface area contributed by atoms with Crippen LogP contribution in [0.1, 0.15) is 34.3 Å². The predicted octanol–water partition coefficient (Wildman–Crippen LogP) is 0.186. The van der Waals surface area contributed by atoms with Gasteiger partial charge in [-0.15, -0.1) is 0 Å². The molecule has 0 aliphatic rings. The lowest BCUT2D eigenvalue weighted by atomic mass is 10.3. The van der Waals surface area contributed by atoms with E-state index in [9.17, 15) is 14.4 Å². The van der Waals surface area contributed by atoms with Gasteiger partial charge in [0.2, 0.25) is 0 Å². The van der Waals surface area contributed by atoms with E-state index in [1.54, 1.807) is 6.20 Å². The summed E-state index contributed by atoms with van der Waals surface area (Å²) in [6, 6.07) is 1.47. The van der Waals surface area contributed by atoms with Crippen LogP contribution in [0.25, 0.3) is 0 Å². The van der Waals surface area contributed by atoms with Crippen molar-refractivity contribution in [2.75, 3.05) is 12.4 Å². The minimum absolute atomic E-state index is 0.0710. The van der Waals surface area contributed by atoms with Gasteiger partial charge in [0.15, 0.2) is 5.69 Å². The lowest BCUT2D eigenvalue weighted by molar-refractivity contribution is -0.137. The van der Waals surface area contributed by atoms with Gasteiger partial charge in [-0.2, -0.15) is 10.2 Å². The number of carbonyl (C=O) groups is 3. The minimum Gasteiger partial charge on any atom is -0.481 e. The predicted molar refractivity (Wildman–Crippen MR) is 83.7 cm³/mol. The molecule has 0 atom stereocenters. The van der Waals surface area contributed by atoms with Crippen LogP contribution in [0.3, 0.4) is 0 Å². The number of nitrogens with one attached hydrogen (secondary N) is 2. The molecule has 10 nitrogen and oxygen atoms in total. The van der Waals surface area contributed by atoms with Crippen molar-refractivity contribution in [3.05, 3.63) is 29.8 Å². The molecule has 0 saturated carbocycles. The summed E-state index contributed by atoms with van der Waals surface area (Å²) >= 11 is 0. The molecule has 0 saturated heterocycles. The quantitative estimate of drug-likeness (QED) is 0.662. The van der Waals surface area contributed by atoms with Gasteiger partial charge < -0.3 is 15.7 Å². The molecule has 24 heavy (non-hydrogen) atoms. The van der Waals surface area contributed by atoms with E-state index in [4.69, 9.17) is 5.11 Å². The molecule has 10 heteroatoms. The number of rotatable bonds is 7. The van der Waals surface area contributed by atoms with E-state index >= 15 is 0 Å². The monoisotopic (exact) mass is 334 g/mol. The summed E-state index contributed by atoms with van der Waals surface area (Å²) in [6.07, 6.45) is 2.81. The van der Waals surface area contributed by atoms with Crippen LogP contribution in [0, 0.1) is 0 Å². The van der Waals surface area contributed by atoms with Crippen molar-refractivity contribution in [2.24, 2.45) is 0 Å². The second-order valence-corrected chi connectivity index (χ2v) is 4.86. The molecule has 0 unspecified atom stereocenters. The third-order valence-corrected chi connectivity index (χ3v) is 3.26. The first-order valence-electron chi connectivity index (χ1n) is 7.30. The van der Waals surface area contributed by atoms with E-state index in [2.05, 4.69) is 20.8 Å². The van der Waals surface area contributed by atoms with Crippen molar-refractivity contribution < 1.29 is 19.5 Å². The number of hydrogen-bond donors (Lipinski definition) is 3. The average molecular weight is 334 g/mol. The van der Waals surface area contributed by atoms with Crippen molar-refractivity contribution in [3.8, 4) is 0 Å². The van der Waals surface area contributed by atoms with Crippen LogP contribution >= 0.6 is 0 Å². The fourth-order valence-corrected chi connectivity index (χ4v) is 2.05. The Morgan fingerprint density at radius 2 is 2.04 bits per heavy atom. The fourth-order valence-electron chi connectivity index (χ4n) is 2.05. The molecule has 0 aliphatic heterocycles. The zero-order valence-electron chi connectivity index (χ0n) is 13.3. The van der Waals surface area contributed by atoms with Gasteiger partial charge in [-0.25, -0.2) is 0 Å². The lowest BCUT2D eigenvalue weighted by Crippen LogP contribution is -2.23. The molecular formula is C14H18N6O4. The Morgan fingerprint density at radius 3 is 2.67 bits per heavy atom. The van der Waals surface area contributed by atoms with E-state index < -0.39 is 17.8 Å². The van der Waals surface area contributed by atoms with E-state index in [0.717, 1.165) is 0 Å². The number of carboxylic acids is 1. The molecule has 0 aliphatic carbocycles. The van der Waals surface area contributed by atoms with Crippen molar-refractivity contribution in [2.45, 2.75) is 26.4 Å². The Balaban J connectivity index is 2.21. The van der Waals surface area contributed by atoms with E-state index in [0.29, 0.717) is 6.54 Å². The highest BCUT2D eigenvalue weighted by atomic mass is 16.4. The van der Waals surface area contributed by atoms with E-state index in [1.165, 1.54) is 28.7 Å². The first kappa shape index (κ1) is 17.2. The normalized spacial score (nSPS) is 10.4. The second-order valence-electron chi connectivity index (χ2n) is 4.86. The highest BCUT2D eigenvalue weighted by Gasteiger charge is 2.20. The van der Waals surface area contributed by atoms with Crippen molar-refractivity contribution in [1.82, 2.24) is 24.9 Å². The van der Waals surface area contributed by atoms with Crippen LogP contribution in [0.4, 0.5) is 5.69 Å². The van der Waals surface area contributed by atoms with Crippen molar-refractivity contribution >= 4 is 23.5 Å². The number of aromatic nitrogens is 4. The van der Waals surface area contributed by atoms with Gasteiger partial charge in [0.25, 0.3) is 11.8 Å². The number of nitrogens with zero attached hydrogens (tertiary/aromatic N) is 4. The summed E-state index contributed by atoms with van der Waals surface area (Å²) in [6.45, 7) is 2.46. The van der Waals surface area contributed by atoms with E-state index in [1.807, 2.05) is 6.92 Å². The first-order valence-corrected chi connectivity index (χ1v) is 7.30. The van der Waals surface area contributed by atoms with E-state index in [-0.39, 0.29) is 30.0 Å². The van der Waals surface area contributed by atoms with Gasteiger partial charge in [-0.3, -0.25) is 23.7 Å². The van der Waals surface area contributed by atoms with Crippen LogP contribution in [-0.4, -0.2) is 49.5 Å². The molecule has 0 spiro atoms. The molecule has 2 heterocycles. The van der Waals surface area contributed by atoms with Crippen molar-refractivity contribution in [3.63, 3.8) is 0 Å². The smallest absolute Gasteiger partial charge is 0.305 e. The SMILES string of the molecule is CCn1cc(NC(=O)c2ccnn2CCC(=O)O)c(C(=O)NC)n1. The average Bonchev–Trinajstić information content (AvgIpc) is 3.18. The number of anilines is 1. The van der Waals surface area contributed by atoms with Crippen molar-refractivity contribution in [1.29, 1.82) is 0 Å². The van der Waals surface area contributed by atoms with Gasteiger partial charge in [0.1, 0.15) is 5.69 Å². The van der Waals surface area contributed by atoms with Crippen LogP contribution < -0.4 is 10.6 Å². The Bertz CT molecular complexity index is 763. The number of carboxylic acid groups (broad SMARTS) is 1. The van der Waals surface area contributed by atoms with Crippen LogP contribution in [0.15, 0.2) is 18.5 Å². The number of aryl methyl sites for hydroxylation is 2. The summed E-state index contributed by atoms with van der Waals surface area (Å²) in [7, 11) is 1.47. The third-order valence-electron chi connectivity index (χ3n) is 3.26. The Kier molecular flexibility index (Phi) is 5.30. The topological polar surface area (TPSA) is 131 Å². The number of hydrogen-bond acceptors (Lipinski definition) is 5. The summed E-state index contributed by atoms with van der Waals surface area (Å²) < 4.78 is 2.83. The summed E-state index contributed by atoms with van der Waals surface area (Å²) in [5, 5.41) is 21.9. The molecule has 0 radical (unpaired) electrons. The maximum Gasteiger partial charge on any atom is 0.305 e. The van der Waals surface area contributed by atoms with Crippen LogP contribution in [0.2, 0.25) is 0 Å². The summed E-state index contributed by atoms with van der Waals surface area (Å²) in [5.74, 6) is -1.90. The third kappa shape index (κ3) is 3.77. The second kappa shape index (κ2) is 7.40. The molecular weight excluding hydrogens is 316 g/mol. The largest absolute Gasteiger partial charge is 0.481 e. The number of aliphatic carboxylic acids is 1. The molecule has 3 N–H and O–H groups in total. The summed E-state index contributed by atoms with van der Waals surface area (Å²) in [4.78, 5) is 34.9. The van der Waals surface area contributed by atoms with Crippen LogP contribution in [0.5, 0.6) is 0 Å². The fraction of sp³-hybridized carbons (Fsp3) is 0.357. The molecule has 0 fully saturated rings. The molecule has 0 bridgehead atoms. The highest BCUT2D eigenvalue weighted by Crippen LogP contribution is 2.15. The molecule has 2 amide bonds. The lowest BCUT2D eigenvalue weighted by Gasteiger charge is -2.07. The molecule has 2 aromatic heterocycles. The Labute approximate surface area is 137 Å². The van der Waals surface area contributed by atoms with Gasteiger partial charge in [-0.1, -0.05) is 0 Å². The van der Waals surface area contributed by atoms with Crippen LogP contribution in [-0.2, 0) is 17.9 Å². The first-order chi connectivity index (χ1) is 11.5. The minimum atomic E-state index is -0.983. The van der Waals surface area contributed by atoms with Gasteiger partial charge in [-0.05, 0) is 13.0 Å². The molecule has 0 aromatic carbocycles. The Hall–Kier alpha value is -3.17. The maximum absolute atomic E-state index is 12.4. The zero-order chi connectivity index (χ0) is 17.7. The van der Waals surface area contributed by atoms with Gasteiger partial charge in [0.05, 0.1) is 18.7 Å². The highest BCUT2D eigenvalue weighted by molar-refractivity contribution is 6.07. The number of carbonyl (C=O) groups excluding carboxylic acids is 2. The van der Waals surface area contributed by atoms with Gasteiger partial charge >= 0.3 is 5.97 Å². The van der Waals surface area contributed by atoms with Gasteiger partial charge in [0, 0.05) is 26.0 Å². The maximum atomic E-state index is 12.4. The molecule has 128 valence electrons.